The molecule has 0 spiro atoms. The van der Waals surface area contributed by atoms with Crippen LogP contribution in [0.2, 0.25) is 0 Å². The fourth-order valence-electron chi connectivity index (χ4n) is 2.90. The summed E-state index contributed by atoms with van der Waals surface area (Å²) in [5.41, 5.74) is -0.121. The quantitative estimate of drug-likeness (QED) is 0.288. The van der Waals surface area contributed by atoms with Gasteiger partial charge in [-0.05, 0) is 49.2 Å². The van der Waals surface area contributed by atoms with Gasteiger partial charge in [0, 0.05) is 5.56 Å². The number of carbonyl (C=O) groups excluding carboxylic acids is 3. The Morgan fingerprint density at radius 1 is 1.06 bits per heavy atom. The van der Waals surface area contributed by atoms with E-state index in [1.807, 2.05) is 6.92 Å². The monoisotopic (exact) mass is 473 g/mol. The van der Waals surface area contributed by atoms with Crippen LogP contribution in [-0.2, 0) is 14.3 Å². The van der Waals surface area contributed by atoms with Crippen LogP contribution in [0.3, 0.4) is 0 Å². The van der Waals surface area contributed by atoms with E-state index in [-0.39, 0.29) is 23.0 Å². The van der Waals surface area contributed by atoms with Gasteiger partial charge in [0.15, 0.2) is 6.61 Å². The predicted octanol–water partition coefficient (Wildman–Crippen LogP) is 2.94. The fraction of sp³-hybridized carbons (Fsp3) is 0.348. The van der Waals surface area contributed by atoms with Gasteiger partial charge in [0.2, 0.25) is 0 Å². The number of benzene rings is 2. The van der Waals surface area contributed by atoms with E-state index >= 15 is 0 Å². The first-order chi connectivity index (χ1) is 16.2. The maximum Gasteiger partial charge on any atom is 0.329 e. The minimum absolute atomic E-state index is 0.0731. The number of hydrogen-bond acceptors (Lipinski definition) is 8. The molecule has 1 atom stereocenters. The molecule has 34 heavy (non-hydrogen) atoms. The lowest BCUT2D eigenvalue weighted by atomic mass is 10.0. The number of carbonyl (C=O) groups is 3. The number of nitrogens with zero attached hydrogens (tertiary/aromatic N) is 1. The van der Waals surface area contributed by atoms with Crippen molar-refractivity contribution in [3.63, 3.8) is 0 Å². The van der Waals surface area contributed by atoms with E-state index in [2.05, 4.69) is 10.6 Å². The molecule has 2 N–H and O–H groups in total. The number of hydrogen-bond donors (Lipinski definition) is 2. The molecule has 0 bridgehead atoms. The molecule has 0 heterocycles. The number of rotatable bonds is 11. The van der Waals surface area contributed by atoms with E-state index in [1.54, 1.807) is 38.1 Å². The van der Waals surface area contributed by atoms with Gasteiger partial charge in [0.25, 0.3) is 17.5 Å². The van der Waals surface area contributed by atoms with Gasteiger partial charge in [-0.15, -0.1) is 0 Å². The summed E-state index contributed by atoms with van der Waals surface area (Å²) in [7, 11) is 1.36. The zero-order chi connectivity index (χ0) is 25.3. The molecule has 2 rings (SSSR count). The molecular weight excluding hydrogens is 446 g/mol. The van der Waals surface area contributed by atoms with Crippen molar-refractivity contribution in [3.8, 4) is 11.5 Å². The number of nitrogens with one attached hydrogen (secondary N) is 2. The molecule has 0 aliphatic heterocycles. The van der Waals surface area contributed by atoms with Gasteiger partial charge >= 0.3 is 5.97 Å². The topological polar surface area (TPSA) is 146 Å². The highest BCUT2D eigenvalue weighted by molar-refractivity contribution is 5.98. The Morgan fingerprint density at radius 3 is 2.26 bits per heavy atom. The van der Waals surface area contributed by atoms with Crippen molar-refractivity contribution in [1.29, 1.82) is 0 Å². The van der Waals surface area contributed by atoms with Gasteiger partial charge in [-0.2, -0.15) is 0 Å². The van der Waals surface area contributed by atoms with Crippen molar-refractivity contribution in [2.75, 3.05) is 25.6 Å². The number of nitro groups is 1. The Hall–Kier alpha value is -4.15. The highest BCUT2D eigenvalue weighted by atomic mass is 16.6. The standard InChI is InChI=1S/C23H27N3O8/c1-5-33-16-8-6-15(7-9-16)22(28)25-21(14(2)3)23(29)34-13-20(27)24-18-11-10-17(32-4)12-19(18)26(30)31/h6-12,14,21H,5,13H2,1-4H3,(H,24,27)(H,25,28). The maximum absolute atomic E-state index is 12.6. The second-order valence-corrected chi connectivity index (χ2v) is 7.45. The predicted molar refractivity (Wildman–Crippen MR) is 123 cm³/mol. The highest BCUT2D eigenvalue weighted by Gasteiger charge is 2.27. The van der Waals surface area contributed by atoms with Crippen LogP contribution in [0.4, 0.5) is 11.4 Å². The Labute approximate surface area is 196 Å². The minimum Gasteiger partial charge on any atom is -0.496 e. The third-order valence-electron chi connectivity index (χ3n) is 4.66. The maximum atomic E-state index is 12.6. The Balaban J connectivity index is 1.98. The summed E-state index contributed by atoms with van der Waals surface area (Å²) >= 11 is 0. The average molecular weight is 473 g/mol. The summed E-state index contributed by atoms with van der Waals surface area (Å²) in [5, 5.41) is 16.2. The second-order valence-electron chi connectivity index (χ2n) is 7.45. The number of esters is 1. The molecule has 11 heteroatoms. The molecule has 0 aliphatic rings. The van der Waals surface area contributed by atoms with Crippen molar-refractivity contribution in [3.05, 3.63) is 58.1 Å². The molecule has 0 fully saturated rings. The molecule has 11 nitrogen and oxygen atoms in total. The Kier molecular flexibility index (Phi) is 9.36. The lowest BCUT2D eigenvalue weighted by molar-refractivity contribution is -0.384. The van der Waals surface area contributed by atoms with E-state index in [9.17, 15) is 24.5 Å². The molecule has 0 saturated carbocycles. The van der Waals surface area contributed by atoms with Crippen LogP contribution in [0.1, 0.15) is 31.1 Å². The number of amides is 2. The summed E-state index contributed by atoms with van der Waals surface area (Å²) in [6.45, 7) is 5.07. The minimum atomic E-state index is -1.01. The smallest absolute Gasteiger partial charge is 0.329 e. The number of ether oxygens (including phenoxy) is 3. The SMILES string of the molecule is CCOc1ccc(C(=O)NC(C(=O)OCC(=O)Nc2ccc(OC)cc2[N+](=O)[O-])C(C)C)cc1. The zero-order valence-corrected chi connectivity index (χ0v) is 19.3. The van der Waals surface area contributed by atoms with Gasteiger partial charge in [0.05, 0.1) is 24.7 Å². The summed E-state index contributed by atoms with van der Waals surface area (Å²) in [6, 6.07) is 9.32. The van der Waals surface area contributed by atoms with Crippen molar-refractivity contribution in [2.45, 2.75) is 26.8 Å². The van der Waals surface area contributed by atoms with Crippen molar-refractivity contribution in [1.82, 2.24) is 5.32 Å². The highest BCUT2D eigenvalue weighted by Crippen LogP contribution is 2.28. The van der Waals surface area contributed by atoms with E-state index in [0.717, 1.165) is 6.07 Å². The van der Waals surface area contributed by atoms with Crippen LogP contribution in [-0.4, -0.2) is 49.1 Å². The lowest BCUT2D eigenvalue weighted by Crippen LogP contribution is -2.45. The van der Waals surface area contributed by atoms with Gasteiger partial charge in [-0.25, -0.2) is 4.79 Å². The summed E-state index contributed by atoms with van der Waals surface area (Å²) < 4.78 is 15.3. The Bertz CT molecular complexity index is 1040. The second kappa shape index (κ2) is 12.2. The molecular formula is C23H27N3O8. The van der Waals surface area contributed by atoms with Crippen molar-refractivity contribution >= 4 is 29.2 Å². The van der Waals surface area contributed by atoms with Crippen LogP contribution in [0.25, 0.3) is 0 Å². The van der Waals surface area contributed by atoms with Gasteiger partial charge < -0.3 is 24.8 Å². The largest absolute Gasteiger partial charge is 0.496 e. The summed E-state index contributed by atoms with van der Waals surface area (Å²) in [5.74, 6) is -1.54. The molecule has 0 aromatic heterocycles. The van der Waals surface area contributed by atoms with E-state index in [0.29, 0.717) is 17.9 Å². The van der Waals surface area contributed by atoms with Crippen LogP contribution in [0.5, 0.6) is 11.5 Å². The molecule has 0 saturated heterocycles. The number of nitro benzene ring substituents is 1. The van der Waals surface area contributed by atoms with Gasteiger partial charge in [-0.1, -0.05) is 13.8 Å². The van der Waals surface area contributed by atoms with Crippen LogP contribution in [0, 0.1) is 16.0 Å². The number of methoxy groups -OCH3 is 1. The van der Waals surface area contributed by atoms with E-state index < -0.39 is 35.4 Å². The Morgan fingerprint density at radius 2 is 1.71 bits per heavy atom. The van der Waals surface area contributed by atoms with Crippen LogP contribution < -0.4 is 20.1 Å². The van der Waals surface area contributed by atoms with Crippen molar-refractivity contribution in [2.24, 2.45) is 5.92 Å². The zero-order valence-electron chi connectivity index (χ0n) is 19.3. The molecule has 1 unspecified atom stereocenters. The molecule has 182 valence electrons. The average Bonchev–Trinajstić information content (AvgIpc) is 2.81. The molecule has 2 aromatic carbocycles. The van der Waals surface area contributed by atoms with Crippen LogP contribution in [0.15, 0.2) is 42.5 Å². The first-order valence-corrected chi connectivity index (χ1v) is 10.5. The lowest BCUT2D eigenvalue weighted by Gasteiger charge is -2.21. The van der Waals surface area contributed by atoms with Crippen LogP contribution >= 0.6 is 0 Å². The van der Waals surface area contributed by atoms with E-state index in [4.69, 9.17) is 14.2 Å². The molecule has 0 aliphatic carbocycles. The first-order valence-electron chi connectivity index (χ1n) is 10.5. The van der Waals surface area contributed by atoms with Gasteiger partial charge in [-0.3, -0.25) is 19.7 Å². The first kappa shape index (κ1) is 26.1. The van der Waals surface area contributed by atoms with E-state index in [1.165, 1.54) is 19.2 Å². The third-order valence-corrected chi connectivity index (χ3v) is 4.66. The molecule has 2 amide bonds. The molecule has 2 aromatic rings. The normalized spacial score (nSPS) is 11.3. The summed E-state index contributed by atoms with van der Waals surface area (Å²) in [4.78, 5) is 47.9. The van der Waals surface area contributed by atoms with Gasteiger partial charge in [0.1, 0.15) is 23.2 Å². The molecule has 0 radical (unpaired) electrons. The number of anilines is 1. The van der Waals surface area contributed by atoms with Crippen molar-refractivity contribution < 1.29 is 33.5 Å². The third kappa shape index (κ3) is 7.19. The fourth-order valence-corrected chi connectivity index (χ4v) is 2.90. The summed E-state index contributed by atoms with van der Waals surface area (Å²) in [6.07, 6.45) is 0.